The number of amides is 1. The number of hydrogen-bond acceptors (Lipinski definition) is 4. The van der Waals surface area contributed by atoms with E-state index in [1.54, 1.807) is 19.1 Å². The number of anilines is 2. The summed E-state index contributed by atoms with van der Waals surface area (Å²) in [5.74, 6) is 0.831. The van der Waals surface area contributed by atoms with Gasteiger partial charge in [0.15, 0.2) is 11.9 Å². The van der Waals surface area contributed by atoms with Crippen molar-refractivity contribution in [2.45, 2.75) is 26.1 Å². The fourth-order valence-corrected chi connectivity index (χ4v) is 3.21. The van der Waals surface area contributed by atoms with Crippen molar-refractivity contribution in [3.63, 3.8) is 0 Å². The predicted molar refractivity (Wildman–Crippen MR) is 93.7 cm³/mol. The molecule has 0 bridgehead atoms. The molecule has 0 radical (unpaired) electrons. The maximum absolute atomic E-state index is 12.9. The molecule has 2 heterocycles. The predicted octanol–water partition coefficient (Wildman–Crippen LogP) is 1.73. The second kappa shape index (κ2) is 7.59. The van der Waals surface area contributed by atoms with E-state index in [2.05, 4.69) is 10.5 Å². The average molecular weight is 383 g/mol. The molecule has 1 saturated heterocycles. The molecule has 1 aromatic heterocycles. The van der Waals surface area contributed by atoms with Gasteiger partial charge in [-0.15, -0.1) is 0 Å². The summed E-state index contributed by atoms with van der Waals surface area (Å²) < 4.78 is 43.6. The van der Waals surface area contributed by atoms with Crippen LogP contribution in [0, 0.1) is 6.92 Å². The molecule has 27 heavy (non-hydrogen) atoms. The Morgan fingerprint density at radius 3 is 2.59 bits per heavy atom. The molecule has 9 heteroatoms. The normalized spacial score (nSPS) is 17.0. The Bertz CT molecular complexity index is 798. The van der Waals surface area contributed by atoms with Gasteiger partial charge in [-0.2, -0.15) is 13.2 Å². The number of carbonyl (C=O) groups excluding carboxylic acids is 1. The third-order valence-electron chi connectivity index (χ3n) is 4.83. The number of nitrogens with zero attached hydrogens (tertiary/aromatic N) is 2. The Hall–Kier alpha value is -2.55. The lowest BCUT2D eigenvalue weighted by atomic mass is 10.1. The van der Waals surface area contributed by atoms with Gasteiger partial charge in [-0.05, 0) is 32.0 Å². The lowest BCUT2D eigenvalue weighted by Gasteiger charge is -2.36. The highest BCUT2D eigenvalue weighted by Crippen LogP contribution is 2.31. The zero-order valence-corrected chi connectivity index (χ0v) is 15.1. The second-order valence-corrected chi connectivity index (χ2v) is 6.73. The van der Waals surface area contributed by atoms with Crippen LogP contribution >= 0.6 is 0 Å². The smallest absolute Gasteiger partial charge is 0.360 e. The topological polar surface area (TPSA) is 62.8 Å². The Morgan fingerprint density at radius 2 is 2.00 bits per heavy atom. The quantitative estimate of drug-likeness (QED) is 0.844. The van der Waals surface area contributed by atoms with Gasteiger partial charge in [0.25, 0.3) is 5.91 Å². The van der Waals surface area contributed by atoms with Gasteiger partial charge < -0.3 is 19.6 Å². The molecule has 146 valence electrons. The molecular weight excluding hydrogens is 361 g/mol. The molecule has 0 aliphatic carbocycles. The summed E-state index contributed by atoms with van der Waals surface area (Å²) in [5, 5.41) is 6.47. The molecule has 0 saturated carbocycles. The molecule has 3 rings (SSSR count). The van der Waals surface area contributed by atoms with Crippen LogP contribution in [0.25, 0.3) is 0 Å². The number of aromatic nitrogens is 1. The van der Waals surface area contributed by atoms with Crippen molar-refractivity contribution in [2.24, 2.45) is 0 Å². The van der Waals surface area contributed by atoms with Gasteiger partial charge in [0.1, 0.15) is 5.76 Å². The van der Waals surface area contributed by atoms with Crippen molar-refractivity contribution in [1.29, 1.82) is 0 Å². The number of rotatable bonds is 4. The molecule has 1 aromatic carbocycles. The monoisotopic (exact) mass is 383 g/mol. The third-order valence-corrected chi connectivity index (χ3v) is 4.83. The molecule has 6 nitrogen and oxygen atoms in total. The Labute approximate surface area is 154 Å². The number of hydrogen-bond donors (Lipinski definition) is 2. The molecule has 1 aliphatic heterocycles. The van der Waals surface area contributed by atoms with E-state index in [0.717, 1.165) is 11.0 Å². The molecule has 2 N–H and O–H groups in total. The van der Waals surface area contributed by atoms with Crippen LogP contribution in [0.5, 0.6) is 0 Å². The molecule has 1 atom stereocenters. The highest BCUT2D eigenvalue weighted by atomic mass is 19.4. The highest BCUT2D eigenvalue weighted by molar-refractivity contribution is 5.92. The molecule has 0 unspecified atom stereocenters. The first-order valence-electron chi connectivity index (χ1n) is 8.75. The van der Waals surface area contributed by atoms with Gasteiger partial charge >= 0.3 is 6.18 Å². The summed E-state index contributed by atoms with van der Waals surface area (Å²) in [4.78, 5) is 15.4. The standard InChI is InChI=1S/C18H21F3N4O2/c1-12-10-16(23-27-12)22-17(26)13(2)24-6-8-25(9-7-24)15-5-3-4-14(11-15)18(19,20)21/h3-5,10-11,13H,6-9H2,1-2H3,(H,22,23,26)/p+1/t13-/m0/s1. The van der Waals surface area contributed by atoms with Gasteiger partial charge in [0.05, 0.1) is 31.7 Å². The fraction of sp³-hybridized carbons (Fsp3) is 0.444. The van der Waals surface area contributed by atoms with Gasteiger partial charge in [-0.3, -0.25) is 4.79 Å². The fourth-order valence-electron chi connectivity index (χ4n) is 3.21. The van der Waals surface area contributed by atoms with Crippen LogP contribution in [0.2, 0.25) is 0 Å². The molecule has 1 aliphatic rings. The van der Waals surface area contributed by atoms with Crippen LogP contribution in [0.4, 0.5) is 24.7 Å². The minimum Gasteiger partial charge on any atom is -0.360 e. The molecule has 1 amide bonds. The number of benzene rings is 1. The van der Waals surface area contributed by atoms with Crippen molar-refractivity contribution in [1.82, 2.24) is 5.16 Å². The van der Waals surface area contributed by atoms with E-state index in [0.29, 0.717) is 43.4 Å². The first-order valence-corrected chi connectivity index (χ1v) is 8.75. The largest absolute Gasteiger partial charge is 0.416 e. The van der Waals surface area contributed by atoms with E-state index < -0.39 is 11.7 Å². The number of alkyl halides is 3. The minimum atomic E-state index is -4.35. The SMILES string of the molecule is Cc1cc(NC(=O)[C@H](C)[NH+]2CCN(c3cccc(C(F)(F)F)c3)CC2)no1. The van der Waals surface area contributed by atoms with E-state index in [-0.39, 0.29) is 11.9 Å². The molecule has 1 fully saturated rings. The number of nitrogens with one attached hydrogen (secondary N) is 2. The van der Waals surface area contributed by atoms with E-state index in [4.69, 9.17) is 4.52 Å². The average Bonchev–Trinajstić information content (AvgIpc) is 3.05. The van der Waals surface area contributed by atoms with Crippen LogP contribution in [0.1, 0.15) is 18.2 Å². The summed E-state index contributed by atoms with van der Waals surface area (Å²) in [7, 11) is 0. The third kappa shape index (κ3) is 4.60. The maximum Gasteiger partial charge on any atom is 0.416 e. The molecular formula is C18H22F3N4O2+. The Kier molecular flexibility index (Phi) is 5.41. The van der Waals surface area contributed by atoms with E-state index >= 15 is 0 Å². The number of halogens is 3. The lowest BCUT2D eigenvalue weighted by Crippen LogP contribution is -3.19. The van der Waals surface area contributed by atoms with Gasteiger partial charge in [-0.25, -0.2) is 0 Å². The van der Waals surface area contributed by atoms with Crippen LogP contribution in [-0.2, 0) is 11.0 Å². The maximum atomic E-state index is 12.9. The van der Waals surface area contributed by atoms with Crippen molar-refractivity contribution in [3.8, 4) is 0 Å². The van der Waals surface area contributed by atoms with Crippen molar-refractivity contribution >= 4 is 17.4 Å². The van der Waals surface area contributed by atoms with Crippen LogP contribution in [0.15, 0.2) is 34.9 Å². The number of carbonyl (C=O) groups is 1. The van der Waals surface area contributed by atoms with Crippen LogP contribution in [0.3, 0.4) is 0 Å². The minimum absolute atomic E-state index is 0.161. The summed E-state index contributed by atoms with van der Waals surface area (Å²) in [6.07, 6.45) is -4.35. The van der Waals surface area contributed by atoms with Crippen molar-refractivity contribution in [2.75, 3.05) is 36.4 Å². The van der Waals surface area contributed by atoms with E-state index in [1.807, 2.05) is 11.8 Å². The van der Waals surface area contributed by atoms with Crippen molar-refractivity contribution < 1.29 is 27.4 Å². The zero-order chi connectivity index (χ0) is 19.6. The number of piperazine rings is 1. The Balaban J connectivity index is 1.57. The van der Waals surface area contributed by atoms with Crippen LogP contribution in [-0.4, -0.2) is 43.3 Å². The zero-order valence-electron chi connectivity index (χ0n) is 15.1. The summed E-state index contributed by atoms with van der Waals surface area (Å²) >= 11 is 0. The van der Waals surface area contributed by atoms with Gasteiger partial charge in [0, 0.05) is 11.8 Å². The summed E-state index contributed by atoms with van der Waals surface area (Å²) in [6, 6.07) is 6.70. The van der Waals surface area contributed by atoms with Crippen molar-refractivity contribution in [3.05, 3.63) is 41.7 Å². The van der Waals surface area contributed by atoms with Crippen LogP contribution < -0.4 is 15.1 Å². The Morgan fingerprint density at radius 1 is 1.30 bits per heavy atom. The molecule has 0 spiro atoms. The summed E-state index contributed by atoms with van der Waals surface area (Å²) in [5.41, 5.74) is -0.0931. The molecule has 2 aromatic rings. The first-order chi connectivity index (χ1) is 12.7. The number of aryl methyl sites for hydroxylation is 1. The second-order valence-electron chi connectivity index (χ2n) is 6.73. The highest BCUT2D eigenvalue weighted by Gasteiger charge is 2.32. The first kappa shape index (κ1) is 19.2. The van der Waals surface area contributed by atoms with E-state index in [1.165, 1.54) is 12.1 Å². The van der Waals surface area contributed by atoms with Gasteiger partial charge in [0.2, 0.25) is 0 Å². The van der Waals surface area contributed by atoms with Gasteiger partial charge in [-0.1, -0.05) is 11.2 Å². The summed E-state index contributed by atoms with van der Waals surface area (Å²) in [6.45, 7) is 6.04. The number of quaternary nitrogens is 1. The van der Waals surface area contributed by atoms with E-state index in [9.17, 15) is 18.0 Å². The lowest BCUT2D eigenvalue weighted by molar-refractivity contribution is -0.914.